The third kappa shape index (κ3) is 4.29. The number of nitrogens with zero attached hydrogens (tertiary/aromatic N) is 1. The molecule has 1 amide bonds. The Morgan fingerprint density at radius 1 is 1.40 bits per heavy atom. The van der Waals surface area contributed by atoms with Crippen LogP contribution < -0.4 is 5.32 Å². The van der Waals surface area contributed by atoms with E-state index >= 15 is 0 Å². The molecule has 0 atom stereocenters. The predicted molar refractivity (Wildman–Crippen MR) is 57.6 cm³/mol. The summed E-state index contributed by atoms with van der Waals surface area (Å²) < 4.78 is 0. The molecule has 5 heteroatoms. The molecular weight excluding hydrogens is 196 g/mol. The number of carbonyl (C=O) groups is 2. The van der Waals surface area contributed by atoms with Crippen molar-refractivity contribution in [2.75, 3.05) is 20.1 Å². The van der Waals surface area contributed by atoms with Crippen LogP contribution in [0.1, 0.15) is 27.2 Å². The molecule has 2 N–H and O–H groups in total. The maximum Gasteiger partial charge on any atom is 0.323 e. The number of hydrogen-bond donors (Lipinski definition) is 2. The maximum atomic E-state index is 11.9. The van der Waals surface area contributed by atoms with Crippen molar-refractivity contribution in [1.29, 1.82) is 0 Å². The van der Waals surface area contributed by atoms with Gasteiger partial charge in [-0.2, -0.15) is 0 Å². The van der Waals surface area contributed by atoms with E-state index in [-0.39, 0.29) is 12.5 Å². The average Bonchev–Trinajstić information content (AvgIpc) is 2.15. The Balaban J connectivity index is 4.61. The number of rotatable bonds is 6. The molecule has 0 saturated carbocycles. The fourth-order valence-corrected chi connectivity index (χ4v) is 1.19. The summed E-state index contributed by atoms with van der Waals surface area (Å²) in [5, 5.41) is 11.6. The van der Waals surface area contributed by atoms with Gasteiger partial charge in [0.25, 0.3) is 0 Å². The topological polar surface area (TPSA) is 69.6 Å². The SMILES string of the molecule is CCCN(CC(=O)O)C(=O)C(C)(C)NC. The van der Waals surface area contributed by atoms with Crippen molar-refractivity contribution in [2.24, 2.45) is 0 Å². The lowest BCUT2D eigenvalue weighted by molar-refractivity contribution is -0.147. The zero-order valence-electron chi connectivity index (χ0n) is 9.83. The van der Waals surface area contributed by atoms with Crippen LogP contribution in [0.2, 0.25) is 0 Å². The van der Waals surface area contributed by atoms with Gasteiger partial charge in [-0.3, -0.25) is 9.59 Å². The molecule has 0 heterocycles. The van der Waals surface area contributed by atoms with E-state index in [0.717, 1.165) is 6.42 Å². The Hall–Kier alpha value is -1.10. The molecule has 0 unspecified atom stereocenters. The van der Waals surface area contributed by atoms with Crippen LogP contribution in [0.25, 0.3) is 0 Å². The fraction of sp³-hybridized carbons (Fsp3) is 0.800. The van der Waals surface area contributed by atoms with Crippen LogP contribution in [0, 0.1) is 0 Å². The normalized spacial score (nSPS) is 11.2. The summed E-state index contributed by atoms with van der Waals surface area (Å²) in [5.74, 6) is -1.17. The number of hydrogen-bond acceptors (Lipinski definition) is 3. The molecule has 0 aromatic carbocycles. The van der Waals surface area contributed by atoms with E-state index in [2.05, 4.69) is 5.32 Å². The summed E-state index contributed by atoms with van der Waals surface area (Å²) in [7, 11) is 1.68. The first-order chi connectivity index (χ1) is 6.85. The Labute approximate surface area is 90.5 Å². The second-order valence-corrected chi connectivity index (χ2v) is 4.00. The molecule has 0 fully saturated rings. The smallest absolute Gasteiger partial charge is 0.323 e. The van der Waals surface area contributed by atoms with Crippen molar-refractivity contribution in [1.82, 2.24) is 10.2 Å². The second kappa shape index (κ2) is 5.70. The Morgan fingerprint density at radius 2 is 1.93 bits per heavy atom. The van der Waals surface area contributed by atoms with Crippen LogP contribution in [-0.4, -0.2) is 47.6 Å². The van der Waals surface area contributed by atoms with Gasteiger partial charge in [0.2, 0.25) is 5.91 Å². The number of aliphatic carboxylic acids is 1. The molecule has 88 valence electrons. The highest BCUT2D eigenvalue weighted by atomic mass is 16.4. The van der Waals surface area contributed by atoms with Crippen molar-refractivity contribution >= 4 is 11.9 Å². The molecule has 0 bridgehead atoms. The van der Waals surface area contributed by atoms with Crippen molar-refractivity contribution in [2.45, 2.75) is 32.7 Å². The average molecular weight is 216 g/mol. The molecule has 0 radical (unpaired) electrons. The molecule has 0 aliphatic carbocycles. The van der Waals surface area contributed by atoms with Crippen molar-refractivity contribution in [3.05, 3.63) is 0 Å². The van der Waals surface area contributed by atoms with E-state index in [9.17, 15) is 9.59 Å². The maximum absolute atomic E-state index is 11.9. The highest BCUT2D eigenvalue weighted by Crippen LogP contribution is 2.07. The van der Waals surface area contributed by atoms with Crippen LogP contribution in [0.5, 0.6) is 0 Å². The lowest BCUT2D eigenvalue weighted by Gasteiger charge is -2.30. The minimum Gasteiger partial charge on any atom is -0.480 e. The van der Waals surface area contributed by atoms with Crippen LogP contribution in [0.3, 0.4) is 0 Å². The highest BCUT2D eigenvalue weighted by Gasteiger charge is 2.30. The van der Waals surface area contributed by atoms with Crippen molar-refractivity contribution in [3.63, 3.8) is 0 Å². The molecule has 15 heavy (non-hydrogen) atoms. The summed E-state index contributed by atoms with van der Waals surface area (Å²) in [5.41, 5.74) is -0.718. The van der Waals surface area contributed by atoms with E-state index in [0.29, 0.717) is 6.54 Å². The Bertz CT molecular complexity index is 239. The van der Waals surface area contributed by atoms with E-state index in [1.54, 1.807) is 20.9 Å². The summed E-state index contributed by atoms with van der Waals surface area (Å²) >= 11 is 0. The van der Waals surface area contributed by atoms with E-state index in [4.69, 9.17) is 5.11 Å². The van der Waals surface area contributed by atoms with Gasteiger partial charge in [0.05, 0.1) is 5.54 Å². The van der Waals surface area contributed by atoms with Gasteiger partial charge in [-0.1, -0.05) is 6.92 Å². The standard InChI is InChI=1S/C10H20N2O3/c1-5-6-12(7-8(13)14)9(15)10(2,3)11-4/h11H,5-7H2,1-4H3,(H,13,14). The monoisotopic (exact) mass is 216 g/mol. The van der Waals surface area contributed by atoms with Gasteiger partial charge in [-0.25, -0.2) is 0 Å². The van der Waals surface area contributed by atoms with Gasteiger partial charge in [0.1, 0.15) is 6.54 Å². The molecule has 0 spiro atoms. The van der Waals surface area contributed by atoms with Crippen molar-refractivity contribution < 1.29 is 14.7 Å². The molecule has 0 aliphatic rings. The van der Waals surface area contributed by atoms with Gasteiger partial charge < -0.3 is 15.3 Å². The summed E-state index contributed by atoms with van der Waals surface area (Å²) in [6.45, 7) is 5.61. The first-order valence-electron chi connectivity index (χ1n) is 5.05. The first-order valence-corrected chi connectivity index (χ1v) is 5.05. The van der Waals surface area contributed by atoms with Crippen molar-refractivity contribution in [3.8, 4) is 0 Å². The molecule has 0 aromatic heterocycles. The lowest BCUT2D eigenvalue weighted by atomic mass is 10.0. The summed E-state index contributed by atoms with van der Waals surface area (Å²) in [4.78, 5) is 23.9. The van der Waals surface area contributed by atoms with Gasteiger partial charge in [0, 0.05) is 6.54 Å². The van der Waals surface area contributed by atoms with E-state index in [1.807, 2.05) is 6.92 Å². The number of carboxylic acid groups (broad SMARTS) is 1. The molecule has 5 nitrogen and oxygen atoms in total. The van der Waals surface area contributed by atoms with Crippen LogP contribution in [0.15, 0.2) is 0 Å². The van der Waals surface area contributed by atoms with Gasteiger partial charge in [0.15, 0.2) is 0 Å². The van der Waals surface area contributed by atoms with E-state index < -0.39 is 11.5 Å². The lowest BCUT2D eigenvalue weighted by Crippen LogP contribution is -2.54. The third-order valence-corrected chi connectivity index (χ3v) is 2.27. The zero-order valence-corrected chi connectivity index (χ0v) is 9.83. The number of carbonyl (C=O) groups excluding carboxylic acids is 1. The number of nitrogens with one attached hydrogen (secondary N) is 1. The number of carboxylic acids is 1. The summed E-state index contributed by atoms with van der Waals surface area (Å²) in [6, 6.07) is 0. The highest BCUT2D eigenvalue weighted by molar-refractivity contribution is 5.88. The van der Waals surface area contributed by atoms with Gasteiger partial charge in [-0.05, 0) is 27.3 Å². The minimum absolute atomic E-state index is 0.186. The van der Waals surface area contributed by atoms with Gasteiger partial charge in [-0.15, -0.1) is 0 Å². The largest absolute Gasteiger partial charge is 0.480 e. The second-order valence-electron chi connectivity index (χ2n) is 4.00. The molecule has 0 aliphatic heterocycles. The van der Waals surface area contributed by atoms with Crippen LogP contribution in [0.4, 0.5) is 0 Å². The number of likely N-dealkylation sites (N-methyl/N-ethyl adjacent to an activating group) is 1. The molecular formula is C10H20N2O3. The van der Waals surface area contributed by atoms with Crippen LogP contribution in [-0.2, 0) is 9.59 Å². The Kier molecular flexibility index (Phi) is 5.28. The van der Waals surface area contributed by atoms with Gasteiger partial charge >= 0.3 is 5.97 Å². The summed E-state index contributed by atoms with van der Waals surface area (Å²) in [6.07, 6.45) is 0.749. The quantitative estimate of drug-likeness (QED) is 0.670. The van der Waals surface area contributed by atoms with Crippen LogP contribution >= 0.6 is 0 Å². The Morgan fingerprint density at radius 3 is 2.27 bits per heavy atom. The number of amides is 1. The predicted octanol–water partition coefficient (Wildman–Crippen LogP) is 0.308. The van der Waals surface area contributed by atoms with E-state index in [1.165, 1.54) is 4.90 Å². The molecule has 0 rings (SSSR count). The minimum atomic E-state index is -0.983. The molecule has 0 aromatic rings. The first kappa shape index (κ1) is 13.9. The molecule has 0 saturated heterocycles. The fourth-order valence-electron chi connectivity index (χ4n) is 1.19. The zero-order chi connectivity index (χ0) is 12.1. The third-order valence-electron chi connectivity index (χ3n) is 2.27.